The number of rotatable bonds is 4. The molecule has 1 aromatic heterocycles. The van der Waals surface area contributed by atoms with Crippen LogP contribution in [0, 0.1) is 0 Å². The van der Waals surface area contributed by atoms with Gasteiger partial charge in [-0.05, 0) is 25.7 Å². The highest BCUT2D eigenvalue weighted by Crippen LogP contribution is 2.35. The first-order chi connectivity index (χ1) is 8.35. The normalized spacial score (nSPS) is 30.8. The molecule has 2 bridgehead atoms. The first-order valence-electron chi connectivity index (χ1n) is 6.58. The van der Waals surface area contributed by atoms with Crippen molar-refractivity contribution >= 4 is 5.82 Å². The maximum Gasteiger partial charge on any atom is 0.129 e. The fraction of sp³-hybridized carbons (Fsp3) is 0.692. The summed E-state index contributed by atoms with van der Waals surface area (Å²) in [6.07, 6.45) is 8.21. The van der Waals surface area contributed by atoms with Crippen LogP contribution in [0.2, 0.25) is 0 Å². The minimum atomic E-state index is 0.393. The van der Waals surface area contributed by atoms with Crippen molar-refractivity contribution in [1.82, 2.24) is 9.97 Å². The molecule has 2 aliphatic rings. The van der Waals surface area contributed by atoms with Gasteiger partial charge in [0.05, 0.1) is 18.2 Å². The maximum absolute atomic E-state index is 5.83. The third-order valence-electron chi connectivity index (χ3n) is 3.67. The second-order valence-corrected chi connectivity index (χ2v) is 5.01. The molecule has 0 spiro atoms. The summed E-state index contributed by atoms with van der Waals surface area (Å²) in [6, 6.07) is 2.51. The molecule has 4 heteroatoms. The van der Waals surface area contributed by atoms with Gasteiger partial charge in [-0.15, -0.1) is 0 Å². The molecule has 4 nitrogen and oxygen atoms in total. The second kappa shape index (κ2) is 4.61. The summed E-state index contributed by atoms with van der Waals surface area (Å²) in [7, 11) is 0. The molecule has 0 amide bonds. The standard InChI is InChI=1S/C13H19N3O/c1-2-3-9-6-13(15-8-14-9)16-11-7-10-4-5-12(11)17-10/h6,8,10-12H,2-5,7H2,1H3,(H,14,15,16). The van der Waals surface area contributed by atoms with Crippen LogP contribution in [0.15, 0.2) is 12.4 Å². The molecule has 0 saturated carbocycles. The topological polar surface area (TPSA) is 47.0 Å². The van der Waals surface area contributed by atoms with Crippen molar-refractivity contribution in [3.8, 4) is 0 Å². The number of aryl methyl sites for hydroxylation is 1. The first kappa shape index (κ1) is 11.0. The fourth-order valence-corrected chi connectivity index (χ4v) is 2.85. The Morgan fingerprint density at radius 2 is 2.35 bits per heavy atom. The van der Waals surface area contributed by atoms with E-state index in [1.165, 1.54) is 12.8 Å². The fourth-order valence-electron chi connectivity index (χ4n) is 2.85. The highest BCUT2D eigenvalue weighted by atomic mass is 16.5. The smallest absolute Gasteiger partial charge is 0.129 e. The largest absolute Gasteiger partial charge is 0.373 e. The lowest BCUT2D eigenvalue weighted by atomic mass is 9.95. The molecule has 2 aliphatic heterocycles. The van der Waals surface area contributed by atoms with E-state index < -0.39 is 0 Å². The quantitative estimate of drug-likeness (QED) is 0.865. The molecule has 3 unspecified atom stereocenters. The van der Waals surface area contributed by atoms with Gasteiger partial charge in [-0.25, -0.2) is 9.97 Å². The van der Waals surface area contributed by atoms with Gasteiger partial charge in [0.2, 0.25) is 0 Å². The van der Waals surface area contributed by atoms with Crippen LogP contribution in [0.3, 0.4) is 0 Å². The van der Waals surface area contributed by atoms with Crippen LogP contribution in [-0.4, -0.2) is 28.2 Å². The summed E-state index contributed by atoms with van der Waals surface area (Å²) in [6.45, 7) is 2.17. The van der Waals surface area contributed by atoms with E-state index in [0.29, 0.717) is 18.2 Å². The van der Waals surface area contributed by atoms with Crippen LogP contribution in [0.5, 0.6) is 0 Å². The van der Waals surface area contributed by atoms with Gasteiger partial charge < -0.3 is 10.1 Å². The average molecular weight is 233 g/mol. The maximum atomic E-state index is 5.83. The summed E-state index contributed by atoms with van der Waals surface area (Å²) >= 11 is 0. The minimum Gasteiger partial charge on any atom is -0.373 e. The van der Waals surface area contributed by atoms with Crippen molar-refractivity contribution in [1.29, 1.82) is 0 Å². The highest BCUT2D eigenvalue weighted by Gasteiger charge is 2.40. The van der Waals surface area contributed by atoms with E-state index in [1.807, 2.05) is 0 Å². The summed E-state index contributed by atoms with van der Waals surface area (Å²) in [5.74, 6) is 0.949. The van der Waals surface area contributed by atoms with Crippen molar-refractivity contribution < 1.29 is 4.74 Å². The van der Waals surface area contributed by atoms with Crippen molar-refractivity contribution in [2.24, 2.45) is 0 Å². The molecule has 3 rings (SSSR count). The van der Waals surface area contributed by atoms with E-state index in [4.69, 9.17) is 4.74 Å². The van der Waals surface area contributed by atoms with Gasteiger partial charge in [-0.1, -0.05) is 13.3 Å². The first-order valence-corrected chi connectivity index (χ1v) is 6.58. The summed E-state index contributed by atoms with van der Waals surface area (Å²) in [4.78, 5) is 8.56. The molecule has 3 heterocycles. The number of hydrogen-bond donors (Lipinski definition) is 1. The molecule has 0 radical (unpaired) electrons. The molecule has 0 aromatic carbocycles. The zero-order chi connectivity index (χ0) is 11.7. The number of nitrogens with zero attached hydrogens (tertiary/aromatic N) is 2. The molecule has 3 atom stereocenters. The lowest BCUT2D eigenvalue weighted by Gasteiger charge is -2.20. The Balaban J connectivity index is 1.66. The summed E-state index contributed by atoms with van der Waals surface area (Å²) < 4.78 is 5.83. The second-order valence-electron chi connectivity index (χ2n) is 5.01. The number of aromatic nitrogens is 2. The molecule has 0 aliphatic carbocycles. The van der Waals surface area contributed by atoms with Gasteiger partial charge in [0.15, 0.2) is 0 Å². The highest BCUT2D eigenvalue weighted by molar-refractivity contribution is 5.37. The van der Waals surface area contributed by atoms with Crippen molar-refractivity contribution in [2.45, 2.75) is 57.3 Å². The Morgan fingerprint density at radius 1 is 1.41 bits per heavy atom. The van der Waals surface area contributed by atoms with Gasteiger partial charge >= 0.3 is 0 Å². The van der Waals surface area contributed by atoms with Crippen molar-refractivity contribution in [3.05, 3.63) is 18.1 Å². The third kappa shape index (κ3) is 2.27. The SMILES string of the molecule is CCCc1cc(NC2CC3CCC2O3)ncn1. The van der Waals surface area contributed by atoms with Gasteiger partial charge in [0, 0.05) is 11.8 Å². The monoisotopic (exact) mass is 233 g/mol. The van der Waals surface area contributed by atoms with E-state index in [-0.39, 0.29) is 0 Å². The van der Waals surface area contributed by atoms with Gasteiger partial charge in [0.1, 0.15) is 12.1 Å². The van der Waals surface area contributed by atoms with Crippen LogP contribution in [-0.2, 0) is 11.2 Å². The molecule has 92 valence electrons. The zero-order valence-electron chi connectivity index (χ0n) is 10.2. The van der Waals surface area contributed by atoms with Crippen LogP contribution in [0.25, 0.3) is 0 Å². The Kier molecular flexibility index (Phi) is 2.97. The van der Waals surface area contributed by atoms with E-state index in [9.17, 15) is 0 Å². The Hall–Kier alpha value is -1.16. The lowest BCUT2D eigenvalue weighted by Crippen LogP contribution is -2.30. The van der Waals surface area contributed by atoms with E-state index >= 15 is 0 Å². The number of anilines is 1. The Bertz CT molecular complexity index is 396. The van der Waals surface area contributed by atoms with Gasteiger partial charge in [-0.3, -0.25) is 0 Å². The minimum absolute atomic E-state index is 0.393. The third-order valence-corrected chi connectivity index (χ3v) is 3.67. The molecule has 1 aromatic rings. The van der Waals surface area contributed by atoms with E-state index in [0.717, 1.165) is 30.8 Å². The lowest BCUT2D eigenvalue weighted by molar-refractivity contribution is 0.102. The van der Waals surface area contributed by atoms with Crippen LogP contribution in [0.1, 0.15) is 38.3 Å². The van der Waals surface area contributed by atoms with Crippen molar-refractivity contribution in [3.63, 3.8) is 0 Å². The average Bonchev–Trinajstić information content (AvgIpc) is 2.92. The molecule has 17 heavy (non-hydrogen) atoms. The zero-order valence-corrected chi connectivity index (χ0v) is 10.2. The molecule has 2 saturated heterocycles. The van der Waals surface area contributed by atoms with Crippen LogP contribution in [0.4, 0.5) is 5.82 Å². The molecular weight excluding hydrogens is 214 g/mol. The number of hydrogen-bond acceptors (Lipinski definition) is 4. The molecule has 2 fully saturated rings. The summed E-state index contributed by atoms with van der Waals surface area (Å²) in [5.41, 5.74) is 1.12. The number of ether oxygens (including phenoxy) is 1. The number of fused-ring (bicyclic) bond motifs is 2. The Morgan fingerprint density at radius 3 is 3.06 bits per heavy atom. The predicted octanol–water partition coefficient (Wildman–Crippen LogP) is 2.16. The predicted molar refractivity (Wildman–Crippen MR) is 65.9 cm³/mol. The van der Waals surface area contributed by atoms with Crippen molar-refractivity contribution in [2.75, 3.05) is 5.32 Å². The van der Waals surface area contributed by atoms with Gasteiger partial charge in [0.25, 0.3) is 0 Å². The van der Waals surface area contributed by atoms with E-state index in [2.05, 4.69) is 28.3 Å². The van der Waals surface area contributed by atoms with Crippen LogP contribution >= 0.6 is 0 Å². The molecule has 1 N–H and O–H groups in total. The van der Waals surface area contributed by atoms with Gasteiger partial charge in [-0.2, -0.15) is 0 Å². The Labute approximate surface area is 102 Å². The van der Waals surface area contributed by atoms with Crippen LogP contribution < -0.4 is 5.32 Å². The number of nitrogens with one attached hydrogen (secondary N) is 1. The summed E-state index contributed by atoms with van der Waals surface area (Å²) in [5, 5.41) is 3.49. The van der Waals surface area contributed by atoms with E-state index in [1.54, 1.807) is 6.33 Å². The molecular formula is C13H19N3O.